The zero-order valence-electron chi connectivity index (χ0n) is 13.0. The fourth-order valence-corrected chi connectivity index (χ4v) is 4.86. The SMILES string of the molecule is COC(=O)C1(C(=O)OC)CC[C@H]2CCC[C@@H]3CC(=O)O[C@@H]3[C@H]21. The average molecular weight is 310 g/mol. The third kappa shape index (κ3) is 2.03. The van der Waals surface area contributed by atoms with Crippen LogP contribution in [0, 0.1) is 23.2 Å². The molecule has 2 saturated carbocycles. The van der Waals surface area contributed by atoms with Gasteiger partial charge in [0.2, 0.25) is 0 Å². The molecule has 0 radical (unpaired) electrons. The quantitative estimate of drug-likeness (QED) is 0.436. The average Bonchev–Trinajstić information content (AvgIpc) is 3.02. The van der Waals surface area contributed by atoms with Gasteiger partial charge in [-0.15, -0.1) is 0 Å². The van der Waals surface area contributed by atoms with Crippen LogP contribution in [-0.4, -0.2) is 38.2 Å². The fourth-order valence-electron chi connectivity index (χ4n) is 4.86. The van der Waals surface area contributed by atoms with Gasteiger partial charge < -0.3 is 14.2 Å². The highest BCUT2D eigenvalue weighted by Crippen LogP contribution is 2.57. The Bertz CT molecular complexity index is 483. The van der Waals surface area contributed by atoms with Gasteiger partial charge in [0.15, 0.2) is 5.41 Å². The second-order valence-corrected chi connectivity index (χ2v) is 6.63. The van der Waals surface area contributed by atoms with E-state index in [2.05, 4.69) is 0 Å². The van der Waals surface area contributed by atoms with Crippen LogP contribution in [0.1, 0.15) is 38.5 Å². The first-order valence-corrected chi connectivity index (χ1v) is 7.91. The lowest BCUT2D eigenvalue weighted by atomic mass is 9.70. The molecule has 1 aliphatic heterocycles. The lowest BCUT2D eigenvalue weighted by Gasteiger charge is -2.36. The predicted octanol–water partition coefficient (Wildman–Crippen LogP) is 1.46. The Morgan fingerprint density at radius 3 is 2.36 bits per heavy atom. The fraction of sp³-hybridized carbons (Fsp3) is 0.812. The maximum Gasteiger partial charge on any atom is 0.323 e. The lowest BCUT2D eigenvalue weighted by molar-refractivity contribution is -0.179. The number of hydrogen-bond acceptors (Lipinski definition) is 6. The largest absolute Gasteiger partial charge is 0.468 e. The molecule has 1 saturated heterocycles. The van der Waals surface area contributed by atoms with Gasteiger partial charge in [-0.1, -0.05) is 6.42 Å². The minimum absolute atomic E-state index is 0.0919. The third-order valence-electron chi connectivity index (χ3n) is 5.75. The first-order valence-electron chi connectivity index (χ1n) is 7.91. The van der Waals surface area contributed by atoms with E-state index in [9.17, 15) is 14.4 Å². The number of methoxy groups -OCH3 is 2. The summed E-state index contributed by atoms with van der Waals surface area (Å²) >= 11 is 0. The van der Waals surface area contributed by atoms with Crippen LogP contribution in [-0.2, 0) is 28.6 Å². The molecule has 0 unspecified atom stereocenters. The van der Waals surface area contributed by atoms with Crippen LogP contribution in [0.15, 0.2) is 0 Å². The maximum absolute atomic E-state index is 12.5. The van der Waals surface area contributed by atoms with Crippen LogP contribution in [0.2, 0.25) is 0 Å². The molecular formula is C16H22O6. The minimum atomic E-state index is -1.33. The van der Waals surface area contributed by atoms with Gasteiger partial charge in [-0.2, -0.15) is 0 Å². The van der Waals surface area contributed by atoms with E-state index in [1.165, 1.54) is 14.2 Å². The molecular weight excluding hydrogens is 288 g/mol. The normalized spacial score (nSPS) is 35.8. The second-order valence-electron chi connectivity index (χ2n) is 6.63. The molecule has 2 aliphatic carbocycles. The van der Waals surface area contributed by atoms with Crippen molar-refractivity contribution in [3.63, 3.8) is 0 Å². The van der Waals surface area contributed by atoms with E-state index in [1.807, 2.05) is 0 Å². The zero-order valence-corrected chi connectivity index (χ0v) is 13.0. The van der Waals surface area contributed by atoms with Gasteiger partial charge in [0.05, 0.1) is 20.6 Å². The number of fused-ring (bicyclic) bond motifs is 3. The third-order valence-corrected chi connectivity index (χ3v) is 5.75. The van der Waals surface area contributed by atoms with Crippen LogP contribution in [0.25, 0.3) is 0 Å². The second kappa shape index (κ2) is 5.56. The Morgan fingerprint density at radius 1 is 1.09 bits per heavy atom. The van der Waals surface area contributed by atoms with Crippen molar-refractivity contribution in [2.75, 3.05) is 14.2 Å². The first-order chi connectivity index (χ1) is 10.5. The molecule has 0 bridgehead atoms. The first kappa shape index (κ1) is 15.3. The smallest absolute Gasteiger partial charge is 0.323 e. The molecule has 0 N–H and O–H groups in total. The Balaban J connectivity index is 2.05. The minimum Gasteiger partial charge on any atom is -0.468 e. The molecule has 0 aromatic rings. The number of hydrogen-bond donors (Lipinski definition) is 0. The van der Waals surface area contributed by atoms with Gasteiger partial charge in [-0.3, -0.25) is 14.4 Å². The molecule has 4 atom stereocenters. The van der Waals surface area contributed by atoms with E-state index in [0.717, 1.165) is 25.7 Å². The highest BCUT2D eigenvalue weighted by molar-refractivity contribution is 6.01. The van der Waals surface area contributed by atoms with Gasteiger partial charge in [0, 0.05) is 11.8 Å². The lowest BCUT2D eigenvalue weighted by Crippen LogP contribution is -2.50. The Morgan fingerprint density at radius 2 is 1.73 bits per heavy atom. The molecule has 0 spiro atoms. The van der Waals surface area contributed by atoms with Crippen molar-refractivity contribution >= 4 is 17.9 Å². The topological polar surface area (TPSA) is 78.9 Å². The molecule has 3 fully saturated rings. The standard InChI is InChI=1S/C16H22O6/c1-20-14(18)16(15(19)21-2)7-6-9-4-3-5-10-8-11(17)22-13(10)12(9)16/h9-10,12-13H,3-8H2,1-2H3/t9-,10-,12+,13+/m1/s1. The van der Waals surface area contributed by atoms with Crippen molar-refractivity contribution in [3.8, 4) is 0 Å². The van der Waals surface area contributed by atoms with Gasteiger partial charge >= 0.3 is 17.9 Å². The van der Waals surface area contributed by atoms with Crippen LogP contribution in [0.3, 0.4) is 0 Å². The van der Waals surface area contributed by atoms with E-state index < -0.39 is 17.4 Å². The van der Waals surface area contributed by atoms with Gasteiger partial charge in [-0.25, -0.2) is 0 Å². The monoisotopic (exact) mass is 310 g/mol. The summed E-state index contributed by atoms with van der Waals surface area (Å²) in [5.41, 5.74) is -1.33. The van der Waals surface area contributed by atoms with Crippen molar-refractivity contribution in [2.45, 2.75) is 44.6 Å². The highest BCUT2D eigenvalue weighted by atomic mass is 16.6. The molecule has 0 amide bonds. The Kier molecular flexibility index (Phi) is 3.87. The van der Waals surface area contributed by atoms with E-state index >= 15 is 0 Å². The van der Waals surface area contributed by atoms with Gasteiger partial charge in [-0.05, 0) is 31.6 Å². The number of carbonyl (C=O) groups is 3. The zero-order chi connectivity index (χ0) is 15.9. The van der Waals surface area contributed by atoms with Gasteiger partial charge in [0.1, 0.15) is 6.10 Å². The summed E-state index contributed by atoms with van der Waals surface area (Å²) in [6.45, 7) is 0. The van der Waals surface area contributed by atoms with E-state index in [1.54, 1.807) is 0 Å². The number of esters is 3. The summed E-state index contributed by atoms with van der Waals surface area (Å²) in [4.78, 5) is 36.8. The van der Waals surface area contributed by atoms with Crippen LogP contribution < -0.4 is 0 Å². The molecule has 0 aromatic carbocycles. The number of ether oxygens (including phenoxy) is 3. The summed E-state index contributed by atoms with van der Waals surface area (Å²) in [6.07, 6.45) is 4.02. The number of rotatable bonds is 2. The molecule has 122 valence electrons. The summed E-state index contributed by atoms with van der Waals surface area (Å²) < 4.78 is 15.4. The Labute approximate surface area is 129 Å². The number of carbonyl (C=O) groups excluding carboxylic acids is 3. The Hall–Kier alpha value is -1.59. The van der Waals surface area contributed by atoms with Crippen molar-refractivity contribution in [1.82, 2.24) is 0 Å². The summed E-state index contributed by atoms with van der Waals surface area (Å²) in [5.74, 6) is -1.39. The predicted molar refractivity (Wildman–Crippen MR) is 74.5 cm³/mol. The van der Waals surface area contributed by atoms with Crippen LogP contribution in [0.5, 0.6) is 0 Å². The highest BCUT2D eigenvalue weighted by Gasteiger charge is 2.65. The van der Waals surface area contributed by atoms with Crippen molar-refractivity contribution in [1.29, 1.82) is 0 Å². The van der Waals surface area contributed by atoms with Crippen molar-refractivity contribution in [2.24, 2.45) is 23.2 Å². The molecule has 0 aromatic heterocycles. The van der Waals surface area contributed by atoms with Crippen molar-refractivity contribution < 1.29 is 28.6 Å². The molecule has 22 heavy (non-hydrogen) atoms. The summed E-state index contributed by atoms with van der Waals surface area (Å²) in [5, 5.41) is 0. The van der Waals surface area contributed by atoms with Crippen LogP contribution >= 0.6 is 0 Å². The molecule has 6 nitrogen and oxygen atoms in total. The van der Waals surface area contributed by atoms with E-state index in [-0.39, 0.29) is 29.8 Å². The molecule has 1 heterocycles. The summed E-state index contributed by atoms with van der Waals surface area (Å²) in [7, 11) is 2.57. The van der Waals surface area contributed by atoms with Gasteiger partial charge in [0.25, 0.3) is 0 Å². The maximum atomic E-state index is 12.5. The molecule has 3 aliphatic rings. The van der Waals surface area contributed by atoms with E-state index in [0.29, 0.717) is 12.8 Å². The van der Waals surface area contributed by atoms with E-state index in [4.69, 9.17) is 14.2 Å². The molecule has 6 heteroatoms. The van der Waals surface area contributed by atoms with Crippen LogP contribution in [0.4, 0.5) is 0 Å². The van der Waals surface area contributed by atoms with Crippen molar-refractivity contribution in [3.05, 3.63) is 0 Å². The summed E-state index contributed by atoms with van der Waals surface area (Å²) in [6, 6.07) is 0. The molecule has 3 rings (SSSR count).